The van der Waals surface area contributed by atoms with Crippen LogP contribution < -0.4 is 0 Å². The second-order valence-corrected chi connectivity index (χ2v) is 8.92. The maximum absolute atomic E-state index is 2.40. The van der Waals surface area contributed by atoms with Crippen LogP contribution in [0, 0.1) is 26.7 Å². The SMILES string of the molecule is Cc1ccc(-c2ccc(-c3ccc(C4CCC(C)CC4)c(C)c3)c(C)c2)cc1. The van der Waals surface area contributed by atoms with Gasteiger partial charge in [-0.05, 0) is 84.4 Å². The number of hydrogen-bond donors (Lipinski definition) is 0. The molecule has 0 atom stereocenters. The van der Waals surface area contributed by atoms with Crippen molar-refractivity contribution in [1.82, 2.24) is 0 Å². The van der Waals surface area contributed by atoms with Gasteiger partial charge in [-0.25, -0.2) is 0 Å². The molecule has 0 radical (unpaired) electrons. The highest BCUT2D eigenvalue weighted by molar-refractivity contribution is 5.74. The van der Waals surface area contributed by atoms with Crippen molar-refractivity contribution in [2.45, 2.75) is 59.3 Å². The Morgan fingerprint density at radius 3 is 1.86 bits per heavy atom. The van der Waals surface area contributed by atoms with Gasteiger partial charge in [0.1, 0.15) is 0 Å². The van der Waals surface area contributed by atoms with Crippen LogP contribution >= 0.6 is 0 Å². The fraction of sp³-hybridized carbons (Fsp3) is 0.357. The summed E-state index contributed by atoms with van der Waals surface area (Å²) >= 11 is 0. The van der Waals surface area contributed by atoms with Crippen molar-refractivity contribution >= 4 is 0 Å². The summed E-state index contributed by atoms with van der Waals surface area (Å²) in [7, 11) is 0. The maximum atomic E-state index is 2.40. The minimum atomic E-state index is 0.760. The molecule has 0 nitrogen and oxygen atoms in total. The van der Waals surface area contributed by atoms with E-state index in [-0.39, 0.29) is 0 Å². The van der Waals surface area contributed by atoms with Gasteiger partial charge in [0.25, 0.3) is 0 Å². The zero-order valence-electron chi connectivity index (χ0n) is 17.8. The second kappa shape index (κ2) is 7.95. The van der Waals surface area contributed by atoms with Crippen LogP contribution in [0.15, 0.2) is 60.7 Å². The largest absolute Gasteiger partial charge is 0.0625 e. The van der Waals surface area contributed by atoms with Crippen LogP contribution in [0.2, 0.25) is 0 Å². The first-order chi connectivity index (χ1) is 13.5. The molecule has 144 valence electrons. The third kappa shape index (κ3) is 3.92. The van der Waals surface area contributed by atoms with Gasteiger partial charge in [0.15, 0.2) is 0 Å². The second-order valence-electron chi connectivity index (χ2n) is 8.92. The first kappa shape index (κ1) is 19.0. The van der Waals surface area contributed by atoms with Gasteiger partial charge in [-0.3, -0.25) is 0 Å². The molecule has 0 amide bonds. The number of hydrogen-bond acceptors (Lipinski definition) is 0. The highest BCUT2D eigenvalue weighted by Crippen LogP contribution is 2.38. The van der Waals surface area contributed by atoms with Crippen molar-refractivity contribution in [1.29, 1.82) is 0 Å². The Hall–Kier alpha value is -2.34. The maximum Gasteiger partial charge on any atom is -0.0154 e. The summed E-state index contributed by atoms with van der Waals surface area (Å²) in [5, 5.41) is 0. The lowest BCUT2D eigenvalue weighted by atomic mass is 9.78. The Labute approximate surface area is 170 Å². The monoisotopic (exact) mass is 368 g/mol. The van der Waals surface area contributed by atoms with Gasteiger partial charge in [-0.2, -0.15) is 0 Å². The van der Waals surface area contributed by atoms with Crippen LogP contribution in [0.3, 0.4) is 0 Å². The molecule has 0 bridgehead atoms. The van der Waals surface area contributed by atoms with E-state index in [1.807, 2.05) is 0 Å². The first-order valence-electron chi connectivity index (χ1n) is 10.8. The molecule has 1 aliphatic rings. The van der Waals surface area contributed by atoms with Gasteiger partial charge in [-0.15, -0.1) is 0 Å². The first-order valence-corrected chi connectivity index (χ1v) is 10.8. The molecule has 0 unspecified atom stereocenters. The average molecular weight is 369 g/mol. The summed E-state index contributed by atoms with van der Waals surface area (Å²) in [6, 6.07) is 22.8. The van der Waals surface area contributed by atoms with Gasteiger partial charge in [0.05, 0.1) is 0 Å². The van der Waals surface area contributed by atoms with Gasteiger partial charge >= 0.3 is 0 Å². The van der Waals surface area contributed by atoms with E-state index in [1.165, 1.54) is 64.6 Å². The Morgan fingerprint density at radius 1 is 0.607 bits per heavy atom. The molecular weight excluding hydrogens is 336 g/mol. The van der Waals surface area contributed by atoms with E-state index in [4.69, 9.17) is 0 Å². The number of aryl methyl sites for hydroxylation is 3. The van der Waals surface area contributed by atoms with Crippen LogP contribution in [0.4, 0.5) is 0 Å². The van der Waals surface area contributed by atoms with E-state index in [0.717, 1.165) is 11.8 Å². The molecule has 0 N–H and O–H groups in total. The van der Waals surface area contributed by atoms with E-state index in [1.54, 1.807) is 5.56 Å². The molecule has 4 rings (SSSR count). The van der Waals surface area contributed by atoms with E-state index >= 15 is 0 Å². The quantitative estimate of drug-likeness (QED) is 0.436. The smallest absolute Gasteiger partial charge is 0.0154 e. The Morgan fingerprint density at radius 2 is 1.21 bits per heavy atom. The van der Waals surface area contributed by atoms with Crippen molar-refractivity contribution in [3.05, 3.63) is 82.9 Å². The molecule has 0 spiro atoms. The molecule has 0 aromatic heterocycles. The third-order valence-corrected chi connectivity index (χ3v) is 6.65. The van der Waals surface area contributed by atoms with Crippen molar-refractivity contribution < 1.29 is 0 Å². The van der Waals surface area contributed by atoms with E-state index in [0.29, 0.717) is 0 Å². The van der Waals surface area contributed by atoms with Crippen LogP contribution in [-0.4, -0.2) is 0 Å². The lowest BCUT2D eigenvalue weighted by Gasteiger charge is -2.28. The predicted octanol–water partition coefficient (Wildman–Crippen LogP) is 8.24. The summed E-state index contributed by atoms with van der Waals surface area (Å²) in [6.07, 6.45) is 5.47. The fourth-order valence-electron chi connectivity index (χ4n) is 4.79. The molecule has 0 saturated heterocycles. The lowest BCUT2D eigenvalue weighted by Crippen LogP contribution is -2.11. The summed E-state index contributed by atoms with van der Waals surface area (Å²) in [5.74, 6) is 1.67. The molecule has 1 fully saturated rings. The van der Waals surface area contributed by atoms with Gasteiger partial charge in [0, 0.05) is 0 Å². The van der Waals surface area contributed by atoms with Gasteiger partial charge in [0.2, 0.25) is 0 Å². The Kier molecular flexibility index (Phi) is 5.40. The Bertz CT molecular complexity index is 954. The molecule has 3 aromatic carbocycles. The molecular formula is C28H32. The summed E-state index contributed by atoms with van der Waals surface area (Å²) in [4.78, 5) is 0. The standard InChI is InChI=1S/C28H32/c1-19-5-9-23(10-6-19)25-13-15-28(21(3)17-25)26-14-16-27(22(4)18-26)24-11-7-20(2)8-12-24/h5-6,9-10,13-18,20,24H,7-8,11-12H2,1-4H3. The fourth-order valence-corrected chi connectivity index (χ4v) is 4.79. The van der Waals surface area contributed by atoms with E-state index in [2.05, 4.69) is 88.4 Å². The normalized spacial score (nSPS) is 19.6. The molecule has 3 aromatic rings. The Balaban J connectivity index is 1.60. The van der Waals surface area contributed by atoms with Crippen LogP contribution in [-0.2, 0) is 0 Å². The van der Waals surface area contributed by atoms with Crippen molar-refractivity contribution in [2.24, 2.45) is 5.92 Å². The van der Waals surface area contributed by atoms with Gasteiger partial charge in [-0.1, -0.05) is 86.0 Å². The summed E-state index contributed by atoms with van der Waals surface area (Å²) < 4.78 is 0. The number of rotatable bonds is 3. The van der Waals surface area contributed by atoms with Crippen molar-refractivity contribution in [3.63, 3.8) is 0 Å². The predicted molar refractivity (Wildman–Crippen MR) is 122 cm³/mol. The van der Waals surface area contributed by atoms with Crippen LogP contribution in [0.5, 0.6) is 0 Å². The zero-order chi connectivity index (χ0) is 19.7. The molecule has 0 heterocycles. The van der Waals surface area contributed by atoms with Crippen molar-refractivity contribution in [2.75, 3.05) is 0 Å². The third-order valence-electron chi connectivity index (χ3n) is 6.65. The van der Waals surface area contributed by atoms with E-state index in [9.17, 15) is 0 Å². The summed E-state index contributed by atoms with van der Waals surface area (Å²) in [6.45, 7) is 9.07. The topological polar surface area (TPSA) is 0 Å². The molecule has 1 saturated carbocycles. The highest BCUT2D eigenvalue weighted by atomic mass is 14.3. The minimum Gasteiger partial charge on any atom is -0.0625 e. The molecule has 0 heteroatoms. The lowest BCUT2D eigenvalue weighted by molar-refractivity contribution is 0.347. The zero-order valence-corrected chi connectivity index (χ0v) is 17.8. The van der Waals surface area contributed by atoms with Crippen LogP contribution in [0.1, 0.15) is 60.8 Å². The van der Waals surface area contributed by atoms with Crippen LogP contribution in [0.25, 0.3) is 22.3 Å². The summed E-state index contributed by atoms with van der Waals surface area (Å²) in [5.41, 5.74) is 11.0. The molecule has 28 heavy (non-hydrogen) atoms. The average Bonchev–Trinajstić information content (AvgIpc) is 2.69. The highest BCUT2D eigenvalue weighted by Gasteiger charge is 2.21. The molecule has 0 aliphatic heterocycles. The molecule has 1 aliphatic carbocycles. The minimum absolute atomic E-state index is 0.760. The van der Waals surface area contributed by atoms with Gasteiger partial charge < -0.3 is 0 Å². The van der Waals surface area contributed by atoms with E-state index < -0.39 is 0 Å². The number of benzene rings is 3. The van der Waals surface area contributed by atoms with Crippen molar-refractivity contribution in [3.8, 4) is 22.3 Å².